The van der Waals surface area contributed by atoms with Crippen LogP contribution in [0.15, 0.2) is 53.0 Å². The van der Waals surface area contributed by atoms with Crippen molar-refractivity contribution in [3.63, 3.8) is 0 Å². The predicted octanol–water partition coefficient (Wildman–Crippen LogP) is 2.43. The fourth-order valence-corrected chi connectivity index (χ4v) is 3.46. The third kappa shape index (κ3) is 2.15. The Balaban J connectivity index is 1.58. The summed E-state index contributed by atoms with van der Waals surface area (Å²) in [6.45, 7) is 0.266. The Bertz CT molecular complexity index is 954. The van der Waals surface area contributed by atoms with Gasteiger partial charge in [-0.25, -0.2) is 0 Å². The van der Waals surface area contributed by atoms with Crippen LogP contribution < -0.4 is 9.47 Å². The summed E-state index contributed by atoms with van der Waals surface area (Å²) in [5, 5.41) is 14.0. The standard InChI is InChI=1S/C16H11N5O2S/c1-2-13-14(23-9-22-13)7-11(1)12-8-24-16-19-18-15(21(16)20-12)10-3-5-17-6-4-10/h1-7H,8-9H2. The normalized spacial score (nSPS) is 15.1. The average molecular weight is 337 g/mol. The van der Waals surface area contributed by atoms with Crippen LogP contribution in [0.3, 0.4) is 0 Å². The summed E-state index contributed by atoms with van der Waals surface area (Å²) in [5.41, 5.74) is 2.88. The first-order valence-corrected chi connectivity index (χ1v) is 8.33. The van der Waals surface area contributed by atoms with Crippen LogP contribution in [0.25, 0.3) is 11.4 Å². The summed E-state index contributed by atoms with van der Waals surface area (Å²) in [5.74, 6) is 2.96. The van der Waals surface area contributed by atoms with Gasteiger partial charge in [0.2, 0.25) is 11.9 Å². The van der Waals surface area contributed by atoms with Crippen LogP contribution in [-0.2, 0) is 0 Å². The van der Waals surface area contributed by atoms with Gasteiger partial charge in [-0.15, -0.1) is 10.2 Å². The Hall–Kier alpha value is -2.87. The summed E-state index contributed by atoms with van der Waals surface area (Å²) in [7, 11) is 0. The molecule has 0 fully saturated rings. The Morgan fingerprint density at radius 2 is 1.83 bits per heavy atom. The second-order valence-corrected chi connectivity index (χ2v) is 6.20. The highest BCUT2D eigenvalue weighted by molar-refractivity contribution is 7.99. The number of fused-ring (bicyclic) bond motifs is 2. The maximum Gasteiger partial charge on any atom is 0.231 e. The molecule has 2 aliphatic rings. The van der Waals surface area contributed by atoms with E-state index in [9.17, 15) is 0 Å². The smallest absolute Gasteiger partial charge is 0.231 e. The molecule has 8 heteroatoms. The van der Waals surface area contributed by atoms with Crippen LogP contribution in [-0.4, -0.2) is 38.1 Å². The van der Waals surface area contributed by atoms with Crippen molar-refractivity contribution in [1.29, 1.82) is 0 Å². The average Bonchev–Trinajstić information content (AvgIpc) is 3.28. The lowest BCUT2D eigenvalue weighted by molar-refractivity contribution is 0.174. The van der Waals surface area contributed by atoms with Crippen LogP contribution >= 0.6 is 11.8 Å². The lowest BCUT2D eigenvalue weighted by atomic mass is 10.1. The second kappa shape index (κ2) is 5.34. The van der Waals surface area contributed by atoms with E-state index in [1.165, 1.54) is 0 Å². The van der Waals surface area contributed by atoms with E-state index in [2.05, 4.69) is 15.2 Å². The summed E-state index contributed by atoms with van der Waals surface area (Å²) >= 11 is 1.61. The number of hydrogen-bond acceptors (Lipinski definition) is 7. The first kappa shape index (κ1) is 13.6. The molecule has 0 spiro atoms. The maximum absolute atomic E-state index is 5.45. The minimum Gasteiger partial charge on any atom is -0.454 e. The largest absolute Gasteiger partial charge is 0.454 e. The molecular formula is C16H11N5O2S. The van der Waals surface area contributed by atoms with Gasteiger partial charge >= 0.3 is 0 Å². The van der Waals surface area contributed by atoms with Crippen LogP contribution in [0, 0.1) is 0 Å². The van der Waals surface area contributed by atoms with Crippen molar-refractivity contribution < 1.29 is 9.47 Å². The van der Waals surface area contributed by atoms with Crippen LogP contribution in [0.4, 0.5) is 0 Å². The molecule has 118 valence electrons. The molecule has 0 aliphatic carbocycles. The van der Waals surface area contributed by atoms with Crippen LogP contribution in [0.2, 0.25) is 0 Å². The molecule has 0 radical (unpaired) electrons. The fraction of sp³-hybridized carbons (Fsp3) is 0.125. The molecule has 5 rings (SSSR count). The molecule has 0 saturated heterocycles. The lowest BCUT2D eigenvalue weighted by Crippen LogP contribution is -2.13. The molecule has 0 bridgehead atoms. The number of aromatic nitrogens is 4. The zero-order chi connectivity index (χ0) is 15.9. The van der Waals surface area contributed by atoms with Gasteiger partial charge in [0, 0.05) is 29.3 Å². The number of ether oxygens (including phenoxy) is 2. The van der Waals surface area contributed by atoms with Gasteiger partial charge in [0.15, 0.2) is 17.3 Å². The van der Waals surface area contributed by atoms with Crippen molar-refractivity contribution >= 4 is 17.5 Å². The summed E-state index contributed by atoms with van der Waals surface area (Å²) in [6, 6.07) is 9.66. The van der Waals surface area contributed by atoms with Crippen molar-refractivity contribution in [2.75, 3.05) is 12.5 Å². The number of thioether (sulfide) groups is 1. The Kier molecular flexibility index (Phi) is 3.02. The molecule has 0 unspecified atom stereocenters. The predicted molar refractivity (Wildman–Crippen MR) is 88.5 cm³/mol. The Morgan fingerprint density at radius 1 is 0.958 bits per heavy atom. The minimum absolute atomic E-state index is 0.266. The third-order valence-electron chi connectivity index (χ3n) is 3.82. The number of pyridine rings is 1. The summed E-state index contributed by atoms with van der Waals surface area (Å²) < 4.78 is 12.6. The highest BCUT2D eigenvalue weighted by Crippen LogP contribution is 2.34. The first-order chi connectivity index (χ1) is 11.9. The van der Waals surface area contributed by atoms with Crippen molar-refractivity contribution in [2.24, 2.45) is 5.10 Å². The minimum atomic E-state index is 0.266. The molecule has 3 aromatic rings. The van der Waals surface area contributed by atoms with E-state index in [1.54, 1.807) is 28.8 Å². The molecule has 2 aliphatic heterocycles. The van der Waals surface area contributed by atoms with Gasteiger partial charge in [-0.3, -0.25) is 4.98 Å². The zero-order valence-electron chi connectivity index (χ0n) is 12.4. The highest BCUT2D eigenvalue weighted by Gasteiger charge is 2.22. The Morgan fingerprint density at radius 3 is 2.75 bits per heavy atom. The summed E-state index contributed by atoms with van der Waals surface area (Å²) in [6.07, 6.45) is 3.46. The van der Waals surface area contributed by atoms with Gasteiger partial charge in [-0.05, 0) is 30.3 Å². The van der Waals surface area contributed by atoms with E-state index in [0.717, 1.165) is 39.2 Å². The van der Waals surface area contributed by atoms with E-state index in [4.69, 9.17) is 14.6 Å². The third-order valence-corrected chi connectivity index (χ3v) is 4.75. The monoisotopic (exact) mass is 337 g/mol. The zero-order valence-corrected chi connectivity index (χ0v) is 13.2. The highest BCUT2D eigenvalue weighted by atomic mass is 32.2. The van der Waals surface area contributed by atoms with Gasteiger partial charge in [-0.2, -0.15) is 9.78 Å². The van der Waals surface area contributed by atoms with Crippen molar-refractivity contribution in [3.8, 4) is 22.9 Å². The van der Waals surface area contributed by atoms with Gasteiger partial charge in [-0.1, -0.05) is 11.8 Å². The van der Waals surface area contributed by atoms with E-state index in [0.29, 0.717) is 5.82 Å². The van der Waals surface area contributed by atoms with E-state index < -0.39 is 0 Å². The molecule has 0 amide bonds. The molecule has 7 nitrogen and oxygen atoms in total. The molecule has 4 heterocycles. The van der Waals surface area contributed by atoms with Gasteiger partial charge in [0.1, 0.15) is 0 Å². The molecular weight excluding hydrogens is 326 g/mol. The van der Waals surface area contributed by atoms with Crippen molar-refractivity contribution in [3.05, 3.63) is 48.3 Å². The SMILES string of the molecule is c1cc(-c2nnc3n2N=C(c2ccc4c(c2)OCO4)CS3)ccn1. The molecule has 24 heavy (non-hydrogen) atoms. The number of hydrogen-bond donors (Lipinski definition) is 0. The lowest BCUT2D eigenvalue weighted by Gasteiger charge is -2.14. The maximum atomic E-state index is 5.45. The van der Waals surface area contributed by atoms with Crippen LogP contribution in [0.1, 0.15) is 5.56 Å². The van der Waals surface area contributed by atoms with Gasteiger partial charge in [0.05, 0.1) is 5.71 Å². The molecule has 2 aromatic heterocycles. The molecule has 0 saturated carbocycles. The van der Waals surface area contributed by atoms with E-state index >= 15 is 0 Å². The molecule has 0 N–H and O–H groups in total. The number of benzene rings is 1. The topological polar surface area (TPSA) is 74.4 Å². The molecule has 1 aromatic carbocycles. The summed E-state index contributed by atoms with van der Waals surface area (Å²) in [4.78, 5) is 4.04. The van der Waals surface area contributed by atoms with E-state index in [-0.39, 0.29) is 6.79 Å². The van der Waals surface area contributed by atoms with Gasteiger partial charge < -0.3 is 9.47 Å². The van der Waals surface area contributed by atoms with Crippen molar-refractivity contribution in [1.82, 2.24) is 19.9 Å². The van der Waals surface area contributed by atoms with Gasteiger partial charge in [0.25, 0.3) is 0 Å². The second-order valence-electron chi connectivity index (χ2n) is 5.26. The Labute approximate surface area is 141 Å². The van der Waals surface area contributed by atoms with Crippen molar-refractivity contribution in [2.45, 2.75) is 5.16 Å². The van der Waals surface area contributed by atoms with E-state index in [1.807, 2.05) is 30.3 Å². The number of rotatable bonds is 2. The van der Waals surface area contributed by atoms with Crippen LogP contribution in [0.5, 0.6) is 11.5 Å². The number of nitrogens with zero attached hydrogens (tertiary/aromatic N) is 5. The first-order valence-electron chi connectivity index (χ1n) is 7.35. The fourth-order valence-electron chi connectivity index (χ4n) is 2.63. The molecule has 0 atom stereocenters. The quantitative estimate of drug-likeness (QED) is 0.715.